The highest BCUT2D eigenvalue weighted by Crippen LogP contribution is 2.37. The molecule has 1 amide bonds. The fourth-order valence-corrected chi connectivity index (χ4v) is 4.07. The van der Waals surface area contributed by atoms with Crippen molar-refractivity contribution in [3.63, 3.8) is 0 Å². The van der Waals surface area contributed by atoms with Crippen LogP contribution >= 0.6 is 0 Å². The number of aromatic nitrogens is 1. The highest BCUT2D eigenvalue weighted by atomic mass is 19.3. The Morgan fingerprint density at radius 2 is 1.86 bits per heavy atom. The molecule has 2 aromatic carbocycles. The van der Waals surface area contributed by atoms with Crippen LogP contribution in [0.1, 0.15) is 75.3 Å². The molecule has 1 heterocycles. The first-order valence-electron chi connectivity index (χ1n) is 14.1. The molecule has 44 heavy (non-hydrogen) atoms. The van der Waals surface area contributed by atoms with Crippen molar-refractivity contribution < 1.29 is 50.9 Å². The van der Waals surface area contributed by atoms with Crippen LogP contribution in [0.15, 0.2) is 40.8 Å². The summed E-state index contributed by atoms with van der Waals surface area (Å²) in [7, 11) is 0. The second kappa shape index (κ2) is 13.9. The summed E-state index contributed by atoms with van der Waals surface area (Å²) in [4.78, 5) is 30.2. The van der Waals surface area contributed by atoms with Gasteiger partial charge in [-0.05, 0) is 77.6 Å². The molecular formula is C31H35F3N2O8. The number of oxazole rings is 1. The third kappa shape index (κ3) is 8.80. The Balaban J connectivity index is 1.65. The Labute approximate surface area is 252 Å². The number of alkyl carbamates (subject to hydrolysis) is 1. The molecule has 1 unspecified atom stereocenters. The topological polar surface area (TPSA) is 118 Å². The van der Waals surface area contributed by atoms with Gasteiger partial charge in [0.1, 0.15) is 12.2 Å². The number of nitrogens with zero attached hydrogens (tertiary/aromatic N) is 1. The van der Waals surface area contributed by atoms with Crippen molar-refractivity contribution >= 4 is 12.1 Å². The van der Waals surface area contributed by atoms with Crippen molar-refractivity contribution in [2.75, 3.05) is 13.2 Å². The Bertz CT molecular complexity index is 1470. The molecule has 1 saturated carbocycles. The van der Waals surface area contributed by atoms with Gasteiger partial charge in [-0.1, -0.05) is 12.1 Å². The molecule has 10 nitrogen and oxygen atoms in total. The molecule has 4 rings (SSSR count). The van der Waals surface area contributed by atoms with Gasteiger partial charge in [-0.15, -0.1) is 0 Å². The third-order valence-electron chi connectivity index (χ3n) is 6.25. The van der Waals surface area contributed by atoms with Gasteiger partial charge in [0, 0.05) is 11.1 Å². The molecule has 1 atom stereocenters. The number of carbonyl (C=O) groups excluding carboxylic acids is 2. The molecule has 1 aliphatic carbocycles. The number of alkyl halides is 2. The highest BCUT2D eigenvalue weighted by molar-refractivity contribution is 5.89. The summed E-state index contributed by atoms with van der Waals surface area (Å²) in [5.74, 6) is -1.52. The molecule has 1 N–H and O–H groups in total. The largest absolute Gasteiger partial charge is 0.490 e. The molecular weight excluding hydrogens is 585 g/mol. The standard InChI is InChI=1S/C31H35F3N2O8/c1-6-39-26-20(8-7-9-21(26)32)16-41-28(37)24-25(17(2)35-30(38)44-31(3,4)5)43-27(36-24)19-12-13-22(42-29(33)34)23(14-19)40-15-18-10-11-18/h7-9,12-14,17-18,29H,6,10-11,15-16H2,1-5H3,(H,35,38). The summed E-state index contributed by atoms with van der Waals surface area (Å²) < 4.78 is 72.8. The van der Waals surface area contributed by atoms with E-state index in [4.69, 9.17) is 23.4 Å². The quantitative estimate of drug-likeness (QED) is 0.198. The molecule has 0 spiro atoms. The molecule has 1 fully saturated rings. The zero-order chi connectivity index (χ0) is 32.0. The van der Waals surface area contributed by atoms with Crippen molar-refractivity contribution in [2.45, 2.75) is 72.3 Å². The number of carbonyl (C=O) groups is 2. The molecule has 0 radical (unpaired) electrons. The Morgan fingerprint density at radius 3 is 2.52 bits per heavy atom. The number of rotatable bonds is 13. The van der Waals surface area contributed by atoms with Crippen LogP contribution in [0.3, 0.4) is 0 Å². The fourth-order valence-electron chi connectivity index (χ4n) is 4.07. The Morgan fingerprint density at radius 1 is 1.11 bits per heavy atom. The van der Waals surface area contributed by atoms with Crippen molar-refractivity contribution in [2.24, 2.45) is 5.92 Å². The maximum atomic E-state index is 14.3. The van der Waals surface area contributed by atoms with Gasteiger partial charge in [-0.2, -0.15) is 8.78 Å². The predicted octanol–water partition coefficient (Wildman–Crippen LogP) is 7.21. The van der Waals surface area contributed by atoms with E-state index in [0.717, 1.165) is 12.8 Å². The lowest BCUT2D eigenvalue weighted by Gasteiger charge is -2.21. The van der Waals surface area contributed by atoms with Gasteiger partial charge in [0.15, 0.2) is 34.5 Å². The van der Waals surface area contributed by atoms with Gasteiger partial charge in [0.05, 0.1) is 19.3 Å². The van der Waals surface area contributed by atoms with Crippen molar-refractivity contribution in [3.05, 3.63) is 59.2 Å². The summed E-state index contributed by atoms with van der Waals surface area (Å²) in [6.07, 6.45) is 1.18. The lowest BCUT2D eigenvalue weighted by Crippen LogP contribution is -2.34. The van der Waals surface area contributed by atoms with Gasteiger partial charge < -0.3 is 33.4 Å². The number of halogens is 3. The Hall–Kier alpha value is -4.42. The van der Waals surface area contributed by atoms with Crippen molar-refractivity contribution in [1.82, 2.24) is 10.3 Å². The highest BCUT2D eigenvalue weighted by Gasteiger charge is 2.30. The van der Waals surface area contributed by atoms with E-state index in [1.54, 1.807) is 40.7 Å². The SMILES string of the molecule is CCOc1c(F)cccc1COC(=O)c1nc(-c2ccc(OC(F)F)c(OCC3CC3)c2)oc1C(C)NC(=O)OC(C)(C)C. The van der Waals surface area contributed by atoms with E-state index in [1.165, 1.54) is 30.3 Å². The Kier molecular flexibility index (Phi) is 10.3. The number of hydrogen-bond donors (Lipinski definition) is 1. The van der Waals surface area contributed by atoms with Gasteiger partial charge in [0.2, 0.25) is 5.89 Å². The summed E-state index contributed by atoms with van der Waals surface area (Å²) in [6, 6.07) is 7.43. The average molecular weight is 621 g/mol. The minimum Gasteiger partial charge on any atom is -0.490 e. The zero-order valence-corrected chi connectivity index (χ0v) is 25.1. The molecule has 13 heteroatoms. The molecule has 0 saturated heterocycles. The van der Waals surface area contributed by atoms with Crippen LogP contribution in [-0.2, 0) is 16.1 Å². The molecule has 1 aromatic heterocycles. The van der Waals surface area contributed by atoms with Crippen LogP contribution in [0.25, 0.3) is 11.5 Å². The van der Waals surface area contributed by atoms with Crippen molar-refractivity contribution in [3.8, 4) is 28.7 Å². The predicted molar refractivity (Wildman–Crippen MR) is 151 cm³/mol. The first-order chi connectivity index (χ1) is 20.8. The van der Waals surface area contributed by atoms with Crippen LogP contribution in [0.2, 0.25) is 0 Å². The third-order valence-corrected chi connectivity index (χ3v) is 6.25. The van der Waals surface area contributed by atoms with Crippen LogP contribution in [-0.4, -0.2) is 42.5 Å². The van der Waals surface area contributed by atoms with E-state index in [-0.39, 0.29) is 58.9 Å². The number of para-hydroxylation sites is 1. The van der Waals surface area contributed by atoms with Crippen LogP contribution in [0.5, 0.6) is 17.2 Å². The average Bonchev–Trinajstić information content (AvgIpc) is 3.66. The van der Waals surface area contributed by atoms with Gasteiger partial charge in [-0.3, -0.25) is 0 Å². The second-order valence-corrected chi connectivity index (χ2v) is 11.1. The van der Waals surface area contributed by atoms with E-state index < -0.39 is 36.1 Å². The van der Waals surface area contributed by atoms with Crippen LogP contribution < -0.4 is 19.5 Å². The van der Waals surface area contributed by atoms with Gasteiger partial charge >= 0.3 is 18.7 Å². The molecule has 0 aliphatic heterocycles. The minimum atomic E-state index is -3.07. The van der Waals surface area contributed by atoms with E-state index >= 15 is 0 Å². The lowest BCUT2D eigenvalue weighted by molar-refractivity contribution is -0.0515. The first kappa shape index (κ1) is 32.5. The summed E-state index contributed by atoms with van der Waals surface area (Å²) >= 11 is 0. The van der Waals surface area contributed by atoms with E-state index in [1.807, 2.05) is 0 Å². The van der Waals surface area contributed by atoms with Crippen LogP contribution in [0, 0.1) is 11.7 Å². The summed E-state index contributed by atoms with van der Waals surface area (Å²) in [6.45, 7) is 5.42. The van der Waals surface area contributed by atoms with E-state index in [0.29, 0.717) is 12.5 Å². The number of amides is 1. The first-order valence-corrected chi connectivity index (χ1v) is 14.1. The summed E-state index contributed by atoms with van der Waals surface area (Å²) in [5, 5.41) is 2.60. The maximum absolute atomic E-state index is 14.3. The number of hydrogen-bond acceptors (Lipinski definition) is 9. The maximum Gasteiger partial charge on any atom is 0.408 e. The lowest BCUT2D eigenvalue weighted by atomic mass is 10.2. The number of benzene rings is 2. The van der Waals surface area contributed by atoms with Crippen LogP contribution in [0.4, 0.5) is 18.0 Å². The smallest absolute Gasteiger partial charge is 0.408 e. The monoisotopic (exact) mass is 620 g/mol. The second-order valence-electron chi connectivity index (χ2n) is 11.1. The zero-order valence-electron chi connectivity index (χ0n) is 25.1. The van der Waals surface area contributed by atoms with Gasteiger partial charge in [-0.25, -0.2) is 19.0 Å². The fraction of sp³-hybridized carbons (Fsp3) is 0.452. The number of esters is 1. The minimum absolute atomic E-state index is 0.0475. The van der Waals surface area contributed by atoms with Gasteiger partial charge in [0.25, 0.3) is 0 Å². The normalized spacial score (nSPS) is 13.8. The molecule has 3 aromatic rings. The number of nitrogens with one attached hydrogen (secondary N) is 1. The molecule has 0 bridgehead atoms. The van der Waals surface area contributed by atoms with E-state index in [9.17, 15) is 22.8 Å². The summed E-state index contributed by atoms with van der Waals surface area (Å²) in [5.41, 5.74) is -0.491. The molecule has 1 aliphatic rings. The number of ether oxygens (including phenoxy) is 5. The van der Waals surface area contributed by atoms with Crippen molar-refractivity contribution in [1.29, 1.82) is 0 Å². The molecule has 238 valence electrons. The van der Waals surface area contributed by atoms with E-state index in [2.05, 4.69) is 15.0 Å².